The Balaban J connectivity index is 1.92. The number of fused-ring (bicyclic) bond motifs is 1. The number of aromatic nitrogens is 1. The lowest BCUT2D eigenvalue weighted by atomic mass is 10.1. The van der Waals surface area contributed by atoms with E-state index in [-0.39, 0.29) is 11.7 Å². The minimum absolute atomic E-state index is 0.0203. The summed E-state index contributed by atoms with van der Waals surface area (Å²) in [6, 6.07) is 12.6. The molecule has 158 valence electrons. The number of benzene rings is 2. The predicted molar refractivity (Wildman–Crippen MR) is 122 cm³/mol. The number of amides is 1. The van der Waals surface area contributed by atoms with Gasteiger partial charge >= 0.3 is 0 Å². The number of ketones is 1. The molecule has 7 heteroatoms. The fourth-order valence-electron chi connectivity index (χ4n) is 3.10. The molecule has 0 spiro atoms. The monoisotopic (exact) mass is 425 g/mol. The van der Waals surface area contributed by atoms with Gasteiger partial charge in [0.1, 0.15) is 5.75 Å². The van der Waals surface area contributed by atoms with E-state index in [1.807, 2.05) is 39.2 Å². The van der Waals surface area contributed by atoms with Crippen LogP contribution >= 0.6 is 11.3 Å². The zero-order valence-corrected chi connectivity index (χ0v) is 18.7. The van der Waals surface area contributed by atoms with Crippen LogP contribution in [0.4, 0.5) is 5.13 Å². The van der Waals surface area contributed by atoms with Crippen LogP contribution in [0.25, 0.3) is 10.2 Å². The second-order valence-electron chi connectivity index (χ2n) is 7.31. The van der Waals surface area contributed by atoms with Crippen LogP contribution in [-0.4, -0.2) is 55.4 Å². The Morgan fingerprint density at radius 1 is 1.03 bits per heavy atom. The number of carbonyl (C=O) groups is 2. The second-order valence-corrected chi connectivity index (χ2v) is 8.32. The van der Waals surface area contributed by atoms with Crippen LogP contribution < -0.4 is 9.64 Å². The van der Waals surface area contributed by atoms with Crippen LogP contribution in [0.5, 0.6) is 5.75 Å². The van der Waals surface area contributed by atoms with Crippen molar-refractivity contribution in [2.45, 2.75) is 20.3 Å². The topological polar surface area (TPSA) is 62.7 Å². The molecular formula is C23H27N3O3S. The number of rotatable bonds is 9. The molecule has 0 saturated heterocycles. The minimum Gasteiger partial charge on any atom is -0.494 e. The molecule has 1 aromatic heterocycles. The van der Waals surface area contributed by atoms with E-state index in [1.165, 1.54) is 18.3 Å². The lowest BCUT2D eigenvalue weighted by molar-refractivity contribution is 0.0981. The molecule has 0 aliphatic heterocycles. The van der Waals surface area contributed by atoms with Gasteiger partial charge in [-0.1, -0.05) is 23.5 Å². The lowest BCUT2D eigenvalue weighted by Crippen LogP contribution is -2.33. The van der Waals surface area contributed by atoms with Gasteiger partial charge < -0.3 is 9.64 Å². The number of hydrogen-bond donors (Lipinski definition) is 0. The van der Waals surface area contributed by atoms with Crippen LogP contribution in [0.15, 0.2) is 42.5 Å². The normalized spacial score (nSPS) is 11.1. The number of carbonyl (C=O) groups excluding carboxylic acids is 2. The number of ether oxygens (including phenoxy) is 1. The van der Waals surface area contributed by atoms with Gasteiger partial charge in [-0.25, -0.2) is 4.98 Å². The predicted octanol–water partition coefficient (Wildman–Crippen LogP) is 4.50. The molecule has 3 aromatic rings. The summed E-state index contributed by atoms with van der Waals surface area (Å²) < 4.78 is 6.57. The zero-order chi connectivity index (χ0) is 21.7. The SMILES string of the molecule is CCOc1ccc2nc(N(CCCN(C)C)C(=O)c3ccc(C(C)=O)cc3)sc2c1. The summed E-state index contributed by atoms with van der Waals surface area (Å²) >= 11 is 1.48. The van der Waals surface area contributed by atoms with Gasteiger partial charge in [-0.3, -0.25) is 14.5 Å². The van der Waals surface area contributed by atoms with Crippen molar-refractivity contribution in [1.82, 2.24) is 9.88 Å². The molecule has 0 unspecified atom stereocenters. The average molecular weight is 426 g/mol. The molecular weight excluding hydrogens is 398 g/mol. The molecule has 1 heterocycles. The molecule has 1 amide bonds. The van der Waals surface area contributed by atoms with Gasteiger partial charge in [0.25, 0.3) is 5.91 Å². The Labute approximate surface area is 181 Å². The summed E-state index contributed by atoms with van der Waals surface area (Å²) in [6.45, 7) is 5.49. The molecule has 6 nitrogen and oxygen atoms in total. The third kappa shape index (κ3) is 5.23. The van der Waals surface area contributed by atoms with E-state index < -0.39 is 0 Å². The number of anilines is 1. The summed E-state index contributed by atoms with van der Waals surface area (Å²) in [5.41, 5.74) is 1.98. The Bertz CT molecular complexity index is 1030. The van der Waals surface area contributed by atoms with E-state index in [2.05, 4.69) is 4.90 Å². The molecule has 0 atom stereocenters. The maximum Gasteiger partial charge on any atom is 0.260 e. The highest BCUT2D eigenvalue weighted by atomic mass is 32.1. The Morgan fingerprint density at radius 3 is 2.37 bits per heavy atom. The fourth-order valence-corrected chi connectivity index (χ4v) is 4.12. The third-order valence-corrected chi connectivity index (χ3v) is 5.70. The van der Waals surface area contributed by atoms with Crippen molar-refractivity contribution in [1.29, 1.82) is 0 Å². The first-order chi connectivity index (χ1) is 14.4. The minimum atomic E-state index is -0.118. The molecule has 0 bridgehead atoms. The molecule has 3 rings (SSSR count). The first-order valence-corrected chi connectivity index (χ1v) is 10.8. The maximum absolute atomic E-state index is 13.3. The van der Waals surface area contributed by atoms with Crippen molar-refractivity contribution in [3.63, 3.8) is 0 Å². The van der Waals surface area contributed by atoms with Crippen molar-refractivity contribution in [2.75, 3.05) is 38.7 Å². The van der Waals surface area contributed by atoms with E-state index in [0.717, 1.165) is 28.9 Å². The zero-order valence-electron chi connectivity index (χ0n) is 17.8. The molecule has 0 fully saturated rings. The van der Waals surface area contributed by atoms with E-state index >= 15 is 0 Å². The Morgan fingerprint density at radius 2 is 1.73 bits per heavy atom. The smallest absolute Gasteiger partial charge is 0.260 e. The Hall–Kier alpha value is -2.77. The number of nitrogens with zero attached hydrogens (tertiary/aromatic N) is 3. The van der Waals surface area contributed by atoms with E-state index in [0.29, 0.717) is 29.4 Å². The van der Waals surface area contributed by atoms with Gasteiger partial charge in [0.2, 0.25) is 0 Å². The first-order valence-electron chi connectivity index (χ1n) is 10.00. The van der Waals surface area contributed by atoms with Gasteiger partial charge in [-0.2, -0.15) is 0 Å². The molecule has 0 radical (unpaired) electrons. The van der Waals surface area contributed by atoms with Crippen molar-refractivity contribution in [2.24, 2.45) is 0 Å². The van der Waals surface area contributed by atoms with Gasteiger partial charge in [-0.05, 0) is 71.2 Å². The summed E-state index contributed by atoms with van der Waals surface area (Å²) in [4.78, 5) is 33.4. The highest BCUT2D eigenvalue weighted by Gasteiger charge is 2.21. The molecule has 0 aliphatic rings. The molecule has 0 N–H and O–H groups in total. The van der Waals surface area contributed by atoms with Crippen LogP contribution in [0.1, 0.15) is 41.0 Å². The number of hydrogen-bond acceptors (Lipinski definition) is 6. The highest BCUT2D eigenvalue weighted by Crippen LogP contribution is 2.32. The maximum atomic E-state index is 13.3. The molecule has 30 heavy (non-hydrogen) atoms. The van der Waals surface area contributed by atoms with Gasteiger partial charge in [0.05, 0.1) is 16.8 Å². The molecule has 2 aromatic carbocycles. The van der Waals surface area contributed by atoms with Crippen molar-refractivity contribution < 1.29 is 14.3 Å². The number of Topliss-reactive ketones (excluding diaryl/α,β-unsaturated/α-hetero) is 1. The van der Waals surface area contributed by atoms with Crippen molar-refractivity contribution in [3.05, 3.63) is 53.6 Å². The molecule has 0 aliphatic carbocycles. The van der Waals surface area contributed by atoms with Crippen LogP contribution in [-0.2, 0) is 0 Å². The molecule has 0 saturated carbocycles. The first kappa shape index (κ1) is 21.9. The second kappa shape index (κ2) is 9.82. The average Bonchev–Trinajstić information content (AvgIpc) is 3.14. The number of thiazole rings is 1. The fraction of sp³-hybridized carbons (Fsp3) is 0.348. The lowest BCUT2D eigenvalue weighted by Gasteiger charge is -2.21. The summed E-state index contributed by atoms with van der Waals surface area (Å²) in [7, 11) is 4.03. The summed E-state index contributed by atoms with van der Waals surface area (Å²) in [5, 5.41) is 0.665. The van der Waals surface area contributed by atoms with Gasteiger partial charge in [0.15, 0.2) is 10.9 Å². The largest absolute Gasteiger partial charge is 0.494 e. The summed E-state index contributed by atoms with van der Waals surface area (Å²) in [6.07, 6.45) is 0.824. The van der Waals surface area contributed by atoms with Crippen LogP contribution in [0.2, 0.25) is 0 Å². The standard InChI is InChI=1S/C23H27N3O3S/c1-5-29-19-11-12-20-21(15-19)30-23(24-20)26(14-6-13-25(3)4)22(28)18-9-7-17(8-10-18)16(2)27/h7-12,15H,5-6,13-14H2,1-4H3. The van der Waals surface area contributed by atoms with Crippen molar-refractivity contribution >= 4 is 38.4 Å². The van der Waals surface area contributed by atoms with Gasteiger partial charge in [0, 0.05) is 17.7 Å². The van der Waals surface area contributed by atoms with Gasteiger partial charge in [-0.15, -0.1) is 0 Å². The van der Waals surface area contributed by atoms with Crippen LogP contribution in [0.3, 0.4) is 0 Å². The Kier molecular flexibility index (Phi) is 7.18. The van der Waals surface area contributed by atoms with E-state index in [1.54, 1.807) is 29.2 Å². The van der Waals surface area contributed by atoms with Crippen molar-refractivity contribution in [3.8, 4) is 5.75 Å². The quantitative estimate of drug-likeness (QED) is 0.473. The third-order valence-electron chi connectivity index (χ3n) is 4.66. The van der Waals surface area contributed by atoms with E-state index in [4.69, 9.17) is 9.72 Å². The highest BCUT2D eigenvalue weighted by molar-refractivity contribution is 7.22. The van der Waals surface area contributed by atoms with Crippen LogP contribution in [0, 0.1) is 0 Å². The summed E-state index contributed by atoms with van der Waals surface area (Å²) in [5.74, 6) is 0.659. The van der Waals surface area contributed by atoms with E-state index in [9.17, 15) is 9.59 Å².